The molecular formula is C12H16N2O5. The van der Waals surface area contributed by atoms with Crippen molar-refractivity contribution < 1.29 is 24.9 Å². The van der Waals surface area contributed by atoms with Gasteiger partial charge >= 0.3 is 5.97 Å². The fraction of sp³-hybridized carbons (Fsp3) is 0.333. The number of carbonyl (C=O) groups is 2. The van der Waals surface area contributed by atoms with Crippen LogP contribution in [0.5, 0.6) is 0 Å². The first-order valence-corrected chi connectivity index (χ1v) is 5.56. The van der Waals surface area contributed by atoms with Crippen LogP contribution in [-0.4, -0.2) is 39.8 Å². The Hall–Kier alpha value is -2.12. The van der Waals surface area contributed by atoms with E-state index in [1.807, 2.05) is 0 Å². The third-order valence-corrected chi connectivity index (χ3v) is 2.58. The molecule has 0 spiro atoms. The number of anilines is 1. The van der Waals surface area contributed by atoms with Crippen LogP contribution >= 0.6 is 0 Å². The van der Waals surface area contributed by atoms with Gasteiger partial charge in [0, 0.05) is 24.7 Å². The molecule has 0 aliphatic heterocycles. The van der Waals surface area contributed by atoms with Crippen molar-refractivity contribution in [3.63, 3.8) is 0 Å². The average molecular weight is 268 g/mol. The lowest BCUT2D eigenvalue weighted by atomic mass is 10.00. The third kappa shape index (κ3) is 3.94. The summed E-state index contributed by atoms with van der Waals surface area (Å²) in [6.07, 6.45) is -2.67. The van der Waals surface area contributed by atoms with E-state index in [9.17, 15) is 19.8 Å². The molecule has 7 heteroatoms. The van der Waals surface area contributed by atoms with Gasteiger partial charge in [0.05, 0.1) is 5.56 Å². The zero-order valence-corrected chi connectivity index (χ0v) is 10.3. The van der Waals surface area contributed by atoms with Gasteiger partial charge in [-0.05, 0) is 18.2 Å². The average Bonchev–Trinajstić information content (AvgIpc) is 2.35. The second kappa shape index (κ2) is 6.17. The molecule has 0 heterocycles. The topological polar surface area (TPSA) is 133 Å². The molecule has 1 aromatic carbocycles. The molecular weight excluding hydrogens is 252 g/mol. The predicted molar refractivity (Wildman–Crippen MR) is 67.5 cm³/mol. The van der Waals surface area contributed by atoms with E-state index in [0.717, 1.165) is 0 Å². The molecule has 104 valence electrons. The summed E-state index contributed by atoms with van der Waals surface area (Å²) in [5.41, 5.74) is 5.86. The molecule has 0 aromatic heterocycles. The highest BCUT2D eigenvalue weighted by molar-refractivity contribution is 5.88. The van der Waals surface area contributed by atoms with Gasteiger partial charge in [0.2, 0.25) is 5.91 Å². The van der Waals surface area contributed by atoms with Crippen LogP contribution in [0.3, 0.4) is 0 Å². The Balaban J connectivity index is 2.91. The minimum atomic E-state index is -1.38. The fourth-order valence-corrected chi connectivity index (χ4v) is 1.53. The maximum absolute atomic E-state index is 10.8. The Bertz CT molecular complexity index is 489. The lowest BCUT2D eigenvalue weighted by Gasteiger charge is -2.20. The Kier molecular flexibility index (Phi) is 4.85. The zero-order chi connectivity index (χ0) is 14.6. The summed E-state index contributed by atoms with van der Waals surface area (Å²) in [6, 6.07) is 3.83. The van der Waals surface area contributed by atoms with Crippen LogP contribution < -0.4 is 11.1 Å². The molecule has 7 nitrogen and oxygen atoms in total. The van der Waals surface area contributed by atoms with Gasteiger partial charge in [0.15, 0.2) is 0 Å². The number of aromatic carboxylic acids is 1. The molecule has 1 aromatic rings. The lowest BCUT2D eigenvalue weighted by Crippen LogP contribution is -2.34. The zero-order valence-electron chi connectivity index (χ0n) is 10.3. The number of carbonyl (C=O) groups excluding carboxylic acids is 1. The number of hydrogen-bond acceptors (Lipinski definition) is 5. The summed E-state index contributed by atoms with van der Waals surface area (Å²) in [5, 5.41) is 30.8. The first kappa shape index (κ1) is 14.9. The second-order valence-corrected chi connectivity index (χ2v) is 4.10. The van der Waals surface area contributed by atoms with Crippen LogP contribution in [0.15, 0.2) is 18.2 Å². The van der Waals surface area contributed by atoms with Crippen molar-refractivity contribution in [2.24, 2.45) is 0 Å². The van der Waals surface area contributed by atoms with Gasteiger partial charge < -0.3 is 26.4 Å². The number of aliphatic hydroxyl groups is 2. The van der Waals surface area contributed by atoms with Crippen LogP contribution in [0.1, 0.15) is 28.9 Å². The summed E-state index contributed by atoms with van der Waals surface area (Å²) >= 11 is 0. The number of carboxylic acid groups (broad SMARTS) is 1. The molecule has 0 radical (unpaired) electrons. The van der Waals surface area contributed by atoms with Crippen molar-refractivity contribution in [3.8, 4) is 0 Å². The van der Waals surface area contributed by atoms with Gasteiger partial charge in [-0.2, -0.15) is 0 Å². The van der Waals surface area contributed by atoms with E-state index in [1.54, 1.807) is 0 Å². The Labute approximate surface area is 109 Å². The minimum absolute atomic E-state index is 0.0463. The van der Waals surface area contributed by atoms with E-state index < -0.39 is 18.2 Å². The normalized spacial score (nSPS) is 13.6. The maximum atomic E-state index is 10.8. The van der Waals surface area contributed by atoms with Crippen molar-refractivity contribution in [1.29, 1.82) is 0 Å². The van der Waals surface area contributed by atoms with Crippen molar-refractivity contribution in [3.05, 3.63) is 29.3 Å². The standard InChI is InChI=1S/C12H16N2O5/c1-6(15)14-5-10(16)11(17)8-4-7(12(18)19)2-3-9(8)13/h2-4,10-11,16-17H,5,13H2,1H3,(H,14,15)(H,18,19). The molecule has 0 aliphatic rings. The smallest absolute Gasteiger partial charge is 0.335 e. The van der Waals surface area contributed by atoms with Crippen LogP contribution in [-0.2, 0) is 4.79 Å². The molecule has 0 saturated carbocycles. The van der Waals surface area contributed by atoms with Crippen molar-refractivity contribution >= 4 is 17.6 Å². The Morgan fingerprint density at radius 3 is 2.53 bits per heavy atom. The number of aliphatic hydroxyl groups excluding tert-OH is 2. The second-order valence-electron chi connectivity index (χ2n) is 4.10. The number of rotatable bonds is 5. The molecule has 6 N–H and O–H groups in total. The third-order valence-electron chi connectivity index (χ3n) is 2.58. The van der Waals surface area contributed by atoms with Gasteiger partial charge in [0.1, 0.15) is 12.2 Å². The molecule has 0 bridgehead atoms. The number of nitrogens with one attached hydrogen (secondary N) is 1. The number of carboxylic acids is 1. The monoisotopic (exact) mass is 268 g/mol. The Morgan fingerprint density at radius 2 is 2.00 bits per heavy atom. The largest absolute Gasteiger partial charge is 0.478 e. The van der Waals surface area contributed by atoms with Crippen molar-refractivity contribution in [1.82, 2.24) is 5.32 Å². The highest BCUT2D eigenvalue weighted by Crippen LogP contribution is 2.24. The molecule has 0 fully saturated rings. The lowest BCUT2D eigenvalue weighted by molar-refractivity contribution is -0.119. The van der Waals surface area contributed by atoms with Gasteiger partial charge in [-0.1, -0.05) is 0 Å². The first-order chi connectivity index (χ1) is 8.82. The van der Waals surface area contributed by atoms with Crippen molar-refractivity contribution in [2.75, 3.05) is 12.3 Å². The van der Waals surface area contributed by atoms with Crippen LogP contribution in [0.25, 0.3) is 0 Å². The first-order valence-electron chi connectivity index (χ1n) is 5.56. The van der Waals surface area contributed by atoms with E-state index in [0.29, 0.717) is 0 Å². The summed E-state index contributed by atoms with van der Waals surface area (Å²) < 4.78 is 0. The fourth-order valence-electron chi connectivity index (χ4n) is 1.53. The highest BCUT2D eigenvalue weighted by Gasteiger charge is 2.22. The van der Waals surface area contributed by atoms with E-state index in [2.05, 4.69) is 5.32 Å². The van der Waals surface area contributed by atoms with Crippen LogP contribution in [0.2, 0.25) is 0 Å². The predicted octanol–water partition coefficient (Wildman–Crippen LogP) is -0.503. The molecule has 2 atom stereocenters. The van der Waals surface area contributed by atoms with E-state index in [-0.39, 0.29) is 29.3 Å². The van der Waals surface area contributed by atoms with Crippen LogP contribution in [0, 0.1) is 0 Å². The SMILES string of the molecule is CC(=O)NCC(O)C(O)c1cc(C(=O)O)ccc1N. The van der Waals surface area contributed by atoms with Gasteiger partial charge in [-0.3, -0.25) is 4.79 Å². The number of benzene rings is 1. The number of amides is 1. The van der Waals surface area contributed by atoms with E-state index in [1.165, 1.54) is 25.1 Å². The quantitative estimate of drug-likeness (QED) is 0.457. The minimum Gasteiger partial charge on any atom is -0.478 e. The molecule has 1 rings (SSSR count). The summed E-state index contributed by atoms with van der Waals surface area (Å²) in [4.78, 5) is 21.5. The summed E-state index contributed by atoms with van der Waals surface area (Å²) in [7, 11) is 0. The molecule has 1 amide bonds. The van der Waals surface area contributed by atoms with Gasteiger partial charge in [0.25, 0.3) is 0 Å². The van der Waals surface area contributed by atoms with Crippen molar-refractivity contribution in [2.45, 2.75) is 19.1 Å². The number of nitrogen functional groups attached to an aromatic ring is 1. The molecule has 19 heavy (non-hydrogen) atoms. The summed E-state index contributed by atoms with van der Waals surface area (Å²) in [6.45, 7) is 1.12. The van der Waals surface area contributed by atoms with E-state index >= 15 is 0 Å². The molecule has 2 unspecified atom stereocenters. The summed E-state index contributed by atoms with van der Waals surface area (Å²) in [5.74, 6) is -1.51. The molecule has 0 aliphatic carbocycles. The Morgan fingerprint density at radius 1 is 1.37 bits per heavy atom. The molecule has 0 saturated heterocycles. The van der Waals surface area contributed by atoms with E-state index in [4.69, 9.17) is 10.8 Å². The number of nitrogens with two attached hydrogens (primary N) is 1. The van der Waals surface area contributed by atoms with Crippen LogP contribution in [0.4, 0.5) is 5.69 Å². The van der Waals surface area contributed by atoms with Gasteiger partial charge in [-0.25, -0.2) is 4.79 Å². The maximum Gasteiger partial charge on any atom is 0.335 e. The van der Waals surface area contributed by atoms with Gasteiger partial charge in [-0.15, -0.1) is 0 Å². The number of hydrogen-bond donors (Lipinski definition) is 5. The highest BCUT2D eigenvalue weighted by atomic mass is 16.4.